The van der Waals surface area contributed by atoms with Crippen LogP contribution in [0.2, 0.25) is 5.02 Å². The summed E-state index contributed by atoms with van der Waals surface area (Å²) in [6.07, 6.45) is 1.52. The molecule has 0 aliphatic rings. The number of carbonyl (C=O) groups excluding carboxylic acids is 1. The number of fused-ring (bicyclic) bond motifs is 1. The lowest BCUT2D eigenvalue weighted by atomic mass is 10.1. The lowest BCUT2D eigenvalue weighted by Gasteiger charge is -2.13. The summed E-state index contributed by atoms with van der Waals surface area (Å²) in [7, 11) is 1.50. The van der Waals surface area contributed by atoms with Gasteiger partial charge in [0, 0.05) is 22.3 Å². The van der Waals surface area contributed by atoms with E-state index >= 15 is 0 Å². The SMILES string of the molecule is CONc1c(C(=O)Nc2ccc(Cl)cc2)cnc2ccccc12. The maximum atomic E-state index is 12.6. The minimum atomic E-state index is -0.287. The second-order valence-corrected chi connectivity index (χ2v) is 5.27. The average Bonchev–Trinajstić information content (AvgIpc) is 2.57. The smallest absolute Gasteiger partial charge is 0.259 e. The van der Waals surface area contributed by atoms with Crippen molar-refractivity contribution in [3.63, 3.8) is 0 Å². The van der Waals surface area contributed by atoms with Crippen LogP contribution in [0.15, 0.2) is 54.7 Å². The Hall–Kier alpha value is -2.63. The number of benzene rings is 2. The summed E-state index contributed by atoms with van der Waals surface area (Å²) in [5, 5.41) is 4.23. The van der Waals surface area contributed by atoms with Gasteiger partial charge in [0.25, 0.3) is 5.91 Å². The lowest BCUT2D eigenvalue weighted by molar-refractivity contribution is 0.102. The van der Waals surface area contributed by atoms with Gasteiger partial charge in [-0.2, -0.15) is 0 Å². The predicted molar refractivity (Wildman–Crippen MR) is 91.8 cm³/mol. The Morgan fingerprint density at radius 3 is 2.61 bits per heavy atom. The summed E-state index contributed by atoms with van der Waals surface area (Å²) in [6.45, 7) is 0. The first-order chi connectivity index (χ1) is 11.2. The second-order valence-electron chi connectivity index (χ2n) is 4.83. The van der Waals surface area contributed by atoms with Crippen molar-refractivity contribution in [3.8, 4) is 0 Å². The average molecular weight is 328 g/mol. The molecular formula is C17H14ClN3O2. The summed E-state index contributed by atoms with van der Waals surface area (Å²) in [6, 6.07) is 14.4. The first-order valence-electron chi connectivity index (χ1n) is 6.92. The lowest BCUT2D eigenvalue weighted by Crippen LogP contribution is -2.15. The van der Waals surface area contributed by atoms with E-state index in [2.05, 4.69) is 15.8 Å². The minimum Gasteiger partial charge on any atom is -0.322 e. The Morgan fingerprint density at radius 2 is 1.87 bits per heavy atom. The van der Waals surface area contributed by atoms with Gasteiger partial charge in [0.15, 0.2) is 0 Å². The number of amides is 1. The van der Waals surface area contributed by atoms with Crippen molar-refractivity contribution in [2.45, 2.75) is 0 Å². The van der Waals surface area contributed by atoms with Gasteiger partial charge < -0.3 is 5.32 Å². The maximum absolute atomic E-state index is 12.6. The van der Waals surface area contributed by atoms with Crippen molar-refractivity contribution >= 4 is 39.8 Å². The van der Waals surface area contributed by atoms with Crippen LogP contribution in [-0.4, -0.2) is 18.0 Å². The number of rotatable bonds is 4. The third-order valence-electron chi connectivity index (χ3n) is 3.33. The molecule has 3 rings (SSSR count). The fourth-order valence-electron chi connectivity index (χ4n) is 2.26. The van der Waals surface area contributed by atoms with Crippen molar-refractivity contribution in [3.05, 3.63) is 65.3 Å². The van der Waals surface area contributed by atoms with Crippen LogP contribution >= 0.6 is 11.6 Å². The van der Waals surface area contributed by atoms with Crippen LogP contribution in [0.5, 0.6) is 0 Å². The maximum Gasteiger partial charge on any atom is 0.259 e. The standard InChI is InChI=1S/C17H14ClN3O2/c1-23-21-16-13-4-2-3-5-15(13)19-10-14(16)17(22)20-12-8-6-11(18)7-9-12/h2-10H,1H3,(H,19,21)(H,20,22). The molecule has 5 nitrogen and oxygen atoms in total. The quantitative estimate of drug-likeness (QED) is 0.708. The highest BCUT2D eigenvalue weighted by Crippen LogP contribution is 2.26. The van der Waals surface area contributed by atoms with E-state index in [1.807, 2.05) is 24.3 Å². The van der Waals surface area contributed by atoms with Gasteiger partial charge in [-0.15, -0.1) is 0 Å². The van der Waals surface area contributed by atoms with Crippen molar-refractivity contribution in [2.24, 2.45) is 0 Å². The van der Waals surface area contributed by atoms with Crippen LogP contribution in [0, 0.1) is 0 Å². The molecule has 0 bridgehead atoms. The van der Waals surface area contributed by atoms with E-state index < -0.39 is 0 Å². The number of nitrogens with zero attached hydrogens (tertiary/aromatic N) is 1. The van der Waals surface area contributed by atoms with E-state index in [0.29, 0.717) is 22.0 Å². The fourth-order valence-corrected chi connectivity index (χ4v) is 2.38. The third kappa shape index (κ3) is 3.26. The molecule has 1 aromatic heterocycles. The van der Waals surface area contributed by atoms with Gasteiger partial charge in [-0.3, -0.25) is 20.1 Å². The van der Waals surface area contributed by atoms with E-state index in [-0.39, 0.29) is 5.91 Å². The van der Waals surface area contributed by atoms with E-state index in [1.165, 1.54) is 13.3 Å². The number of pyridine rings is 1. The molecule has 0 saturated heterocycles. The molecule has 6 heteroatoms. The van der Waals surface area contributed by atoms with Crippen molar-refractivity contribution < 1.29 is 9.63 Å². The van der Waals surface area contributed by atoms with E-state index in [1.54, 1.807) is 24.3 Å². The molecule has 0 unspecified atom stereocenters. The molecule has 1 amide bonds. The topological polar surface area (TPSA) is 63.2 Å². The summed E-state index contributed by atoms with van der Waals surface area (Å²) in [4.78, 5) is 21.9. The van der Waals surface area contributed by atoms with Gasteiger partial charge in [0.2, 0.25) is 0 Å². The summed E-state index contributed by atoms with van der Waals surface area (Å²) in [5.41, 5.74) is 5.16. The van der Waals surface area contributed by atoms with Crippen LogP contribution in [-0.2, 0) is 4.84 Å². The molecule has 0 saturated carbocycles. The zero-order valence-electron chi connectivity index (χ0n) is 12.3. The highest BCUT2D eigenvalue weighted by atomic mass is 35.5. The molecule has 0 atom stereocenters. The molecule has 2 aromatic carbocycles. The number of hydrogen-bond donors (Lipinski definition) is 2. The first-order valence-corrected chi connectivity index (χ1v) is 7.30. The molecule has 2 N–H and O–H groups in total. The van der Waals surface area contributed by atoms with Crippen LogP contribution in [0.25, 0.3) is 10.9 Å². The molecule has 1 heterocycles. The van der Waals surface area contributed by atoms with Gasteiger partial charge in [-0.1, -0.05) is 29.8 Å². The van der Waals surface area contributed by atoms with Gasteiger partial charge in [0.05, 0.1) is 23.9 Å². The molecule has 3 aromatic rings. The van der Waals surface area contributed by atoms with Crippen LogP contribution in [0.1, 0.15) is 10.4 Å². The Balaban J connectivity index is 1.99. The Labute approximate surface area is 138 Å². The Bertz CT molecular complexity index is 850. The van der Waals surface area contributed by atoms with Gasteiger partial charge in [-0.25, -0.2) is 0 Å². The molecular weight excluding hydrogens is 314 g/mol. The molecule has 0 aliphatic heterocycles. The van der Waals surface area contributed by atoms with E-state index in [4.69, 9.17) is 16.4 Å². The van der Waals surface area contributed by atoms with Gasteiger partial charge in [0.1, 0.15) is 0 Å². The van der Waals surface area contributed by atoms with Crippen LogP contribution in [0.4, 0.5) is 11.4 Å². The number of hydrogen-bond acceptors (Lipinski definition) is 4. The normalized spacial score (nSPS) is 10.5. The van der Waals surface area contributed by atoms with Crippen molar-refractivity contribution in [1.82, 2.24) is 4.98 Å². The molecule has 0 aliphatic carbocycles. The van der Waals surface area contributed by atoms with Crippen LogP contribution in [0.3, 0.4) is 0 Å². The van der Waals surface area contributed by atoms with E-state index in [0.717, 1.165) is 10.9 Å². The third-order valence-corrected chi connectivity index (χ3v) is 3.58. The van der Waals surface area contributed by atoms with Crippen molar-refractivity contribution in [2.75, 3.05) is 17.9 Å². The molecule has 23 heavy (non-hydrogen) atoms. The zero-order chi connectivity index (χ0) is 16.2. The first kappa shape index (κ1) is 15.3. The summed E-state index contributed by atoms with van der Waals surface area (Å²) < 4.78 is 0. The zero-order valence-corrected chi connectivity index (χ0v) is 13.1. The van der Waals surface area contributed by atoms with E-state index in [9.17, 15) is 4.79 Å². The molecule has 0 radical (unpaired) electrons. The molecule has 116 valence electrons. The van der Waals surface area contributed by atoms with Gasteiger partial charge >= 0.3 is 0 Å². The molecule has 0 fully saturated rings. The number of carbonyl (C=O) groups is 1. The number of halogens is 1. The monoisotopic (exact) mass is 327 g/mol. The largest absolute Gasteiger partial charge is 0.322 e. The highest BCUT2D eigenvalue weighted by molar-refractivity contribution is 6.30. The Morgan fingerprint density at radius 1 is 1.13 bits per heavy atom. The van der Waals surface area contributed by atoms with Crippen molar-refractivity contribution in [1.29, 1.82) is 0 Å². The number of nitrogens with one attached hydrogen (secondary N) is 2. The number of anilines is 2. The molecule has 0 spiro atoms. The minimum absolute atomic E-state index is 0.287. The fraction of sp³-hybridized carbons (Fsp3) is 0.0588. The van der Waals surface area contributed by atoms with Gasteiger partial charge in [-0.05, 0) is 30.3 Å². The predicted octanol–water partition coefficient (Wildman–Crippen LogP) is 4.11. The van der Waals surface area contributed by atoms with Crippen LogP contribution < -0.4 is 10.8 Å². The summed E-state index contributed by atoms with van der Waals surface area (Å²) in [5.74, 6) is -0.287. The number of para-hydroxylation sites is 1. The second kappa shape index (κ2) is 6.64. The number of aromatic nitrogens is 1. The Kier molecular flexibility index (Phi) is 4.41. The summed E-state index contributed by atoms with van der Waals surface area (Å²) >= 11 is 5.85. The highest BCUT2D eigenvalue weighted by Gasteiger charge is 2.15.